The molecule has 4 rings (SSSR count). The van der Waals surface area contributed by atoms with Crippen LogP contribution in [-0.4, -0.2) is 40.7 Å². The minimum atomic E-state index is -3.45. The fraction of sp³-hybridized carbons (Fsp3) is 0.375. The van der Waals surface area contributed by atoms with Crippen molar-refractivity contribution < 1.29 is 12.9 Å². The quantitative estimate of drug-likeness (QED) is 0.723. The van der Waals surface area contributed by atoms with Gasteiger partial charge in [0.25, 0.3) is 0 Å². The van der Waals surface area contributed by atoms with Gasteiger partial charge in [0.15, 0.2) is 5.58 Å². The van der Waals surface area contributed by atoms with Crippen LogP contribution in [0.3, 0.4) is 0 Å². The van der Waals surface area contributed by atoms with Gasteiger partial charge in [-0.25, -0.2) is 8.42 Å². The summed E-state index contributed by atoms with van der Waals surface area (Å²) in [6, 6.07) is 9.24. The SMILES string of the molecule is O=S(=O)(Cc1noc2ccccc12)N1CCC[C@H](n2cccn2)C1. The number of benzene rings is 1. The van der Waals surface area contributed by atoms with E-state index in [0.717, 1.165) is 18.2 Å². The van der Waals surface area contributed by atoms with Crippen LogP contribution in [0.15, 0.2) is 47.2 Å². The third-order valence-electron chi connectivity index (χ3n) is 4.42. The Morgan fingerprint density at radius 1 is 1.25 bits per heavy atom. The summed E-state index contributed by atoms with van der Waals surface area (Å²) >= 11 is 0. The molecular formula is C16H18N4O3S. The van der Waals surface area contributed by atoms with Gasteiger partial charge in [0, 0.05) is 30.9 Å². The van der Waals surface area contributed by atoms with Gasteiger partial charge in [0.05, 0.1) is 6.04 Å². The summed E-state index contributed by atoms with van der Waals surface area (Å²) < 4.78 is 34.3. The topological polar surface area (TPSA) is 81.2 Å². The van der Waals surface area contributed by atoms with E-state index in [-0.39, 0.29) is 11.8 Å². The normalized spacial score (nSPS) is 19.8. The van der Waals surface area contributed by atoms with E-state index in [4.69, 9.17) is 4.52 Å². The first-order valence-electron chi connectivity index (χ1n) is 7.94. The molecule has 1 aliphatic heterocycles. The number of rotatable bonds is 4. The zero-order valence-electron chi connectivity index (χ0n) is 13.1. The summed E-state index contributed by atoms with van der Waals surface area (Å²) in [5.74, 6) is -0.143. The molecule has 0 spiro atoms. The molecule has 0 unspecified atom stereocenters. The predicted octanol–water partition coefficient (Wildman–Crippen LogP) is 2.19. The van der Waals surface area contributed by atoms with Crippen LogP contribution in [0.25, 0.3) is 11.0 Å². The number of hydrogen-bond acceptors (Lipinski definition) is 5. The van der Waals surface area contributed by atoms with Gasteiger partial charge < -0.3 is 4.52 Å². The average molecular weight is 346 g/mol. The summed E-state index contributed by atoms with van der Waals surface area (Å²) in [6.45, 7) is 0.982. The monoisotopic (exact) mass is 346 g/mol. The van der Waals surface area contributed by atoms with Crippen LogP contribution in [0.4, 0.5) is 0 Å². The molecule has 0 aliphatic carbocycles. The van der Waals surface area contributed by atoms with Gasteiger partial charge >= 0.3 is 0 Å². The molecule has 1 aromatic carbocycles. The van der Waals surface area contributed by atoms with Crippen molar-refractivity contribution in [3.05, 3.63) is 48.4 Å². The second-order valence-electron chi connectivity index (χ2n) is 6.02. The third-order valence-corrected chi connectivity index (χ3v) is 6.18. The summed E-state index contributed by atoms with van der Waals surface area (Å²) in [4.78, 5) is 0. The first kappa shape index (κ1) is 15.3. The highest BCUT2D eigenvalue weighted by atomic mass is 32.2. The standard InChI is InChI=1S/C16H18N4O3S/c21-24(22,12-15-14-6-1-2-7-16(14)23-18-15)19-9-3-5-13(11-19)20-10-4-8-17-20/h1-2,4,6-8,10,13H,3,5,9,11-12H2/t13-/m0/s1. The fourth-order valence-electron chi connectivity index (χ4n) is 3.19. The van der Waals surface area contributed by atoms with E-state index in [1.165, 1.54) is 0 Å². The number of piperidine rings is 1. The molecule has 0 saturated carbocycles. The number of nitrogens with zero attached hydrogens (tertiary/aromatic N) is 4. The molecule has 3 aromatic rings. The molecule has 1 aliphatic rings. The van der Waals surface area contributed by atoms with Crippen molar-refractivity contribution in [3.8, 4) is 0 Å². The van der Waals surface area contributed by atoms with E-state index in [1.807, 2.05) is 35.1 Å². The lowest BCUT2D eigenvalue weighted by atomic mass is 10.1. The van der Waals surface area contributed by atoms with Crippen LogP contribution in [0.2, 0.25) is 0 Å². The molecule has 1 saturated heterocycles. The highest BCUT2D eigenvalue weighted by Crippen LogP contribution is 2.26. The molecule has 24 heavy (non-hydrogen) atoms. The second kappa shape index (κ2) is 6.03. The van der Waals surface area contributed by atoms with Crippen LogP contribution >= 0.6 is 0 Å². The van der Waals surface area contributed by atoms with Crippen molar-refractivity contribution in [1.82, 2.24) is 19.2 Å². The van der Waals surface area contributed by atoms with Gasteiger partial charge in [0.1, 0.15) is 11.4 Å². The lowest BCUT2D eigenvalue weighted by Crippen LogP contribution is -2.41. The van der Waals surface area contributed by atoms with Gasteiger partial charge in [0.2, 0.25) is 10.0 Å². The highest BCUT2D eigenvalue weighted by Gasteiger charge is 2.31. The van der Waals surface area contributed by atoms with E-state index < -0.39 is 10.0 Å². The Hall–Kier alpha value is -2.19. The lowest BCUT2D eigenvalue weighted by molar-refractivity contribution is 0.253. The van der Waals surface area contributed by atoms with Crippen LogP contribution in [0.1, 0.15) is 24.6 Å². The molecule has 1 fully saturated rings. The summed E-state index contributed by atoms with van der Waals surface area (Å²) in [7, 11) is -3.45. The molecule has 0 bridgehead atoms. The van der Waals surface area contributed by atoms with Crippen LogP contribution in [0, 0.1) is 0 Å². The molecular weight excluding hydrogens is 328 g/mol. The molecule has 3 heterocycles. The maximum Gasteiger partial charge on any atom is 0.220 e. The molecule has 0 N–H and O–H groups in total. The predicted molar refractivity (Wildman–Crippen MR) is 88.7 cm³/mol. The zero-order valence-corrected chi connectivity index (χ0v) is 13.9. The second-order valence-corrected chi connectivity index (χ2v) is 7.99. The van der Waals surface area contributed by atoms with Gasteiger partial charge in [-0.3, -0.25) is 4.68 Å². The Balaban J connectivity index is 1.56. The van der Waals surface area contributed by atoms with E-state index >= 15 is 0 Å². The van der Waals surface area contributed by atoms with Crippen LogP contribution in [0.5, 0.6) is 0 Å². The fourth-order valence-corrected chi connectivity index (χ4v) is 4.74. The van der Waals surface area contributed by atoms with Gasteiger partial charge in [-0.15, -0.1) is 0 Å². The van der Waals surface area contributed by atoms with E-state index in [2.05, 4.69) is 10.3 Å². The molecule has 0 radical (unpaired) electrons. The zero-order chi connectivity index (χ0) is 16.6. The van der Waals surface area contributed by atoms with Crippen molar-refractivity contribution in [3.63, 3.8) is 0 Å². The van der Waals surface area contributed by atoms with Crippen molar-refractivity contribution in [2.75, 3.05) is 13.1 Å². The summed E-state index contributed by atoms with van der Waals surface area (Å²) in [6.07, 6.45) is 5.35. The molecule has 8 heteroatoms. The largest absolute Gasteiger partial charge is 0.356 e. The number of aromatic nitrogens is 3. The van der Waals surface area contributed by atoms with E-state index in [9.17, 15) is 8.42 Å². The van der Waals surface area contributed by atoms with Crippen molar-refractivity contribution in [2.24, 2.45) is 0 Å². The van der Waals surface area contributed by atoms with Crippen LogP contribution < -0.4 is 0 Å². The maximum atomic E-state index is 12.8. The maximum absolute atomic E-state index is 12.8. The van der Waals surface area contributed by atoms with Crippen molar-refractivity contribution in [1.29, 1.82) is 0 Å². The Bertz CT molecular complexity index is 933. The van der Waals surface area contributed by atoms with Crippen LogP contribution in [-0.2, 0) is 15.8 Å². The lowest BCUT2D eigenvalue weighted by Gasteiger charge is -2.31. The van der Waals surface area contributed by atoms with E-state index in [1.54, 1.807) is 16.6 Å². The van der Waals surface area contributed by atoms with Crippen molar-refractivity contribution >= 4 is 21.0 Å². The van der Waals surface area contributed by atoms with Gasteiger partial charge in [-0.1, -0.05) is 17.3 Å². The Labute approximate surface area is 139 Å². The summed E-state index contributed by atoms with van der Waals surface area (Å²) in [5.41, 5.74) is 1.07. The Morgan fingerprint density at radius 3 is 2.96 bits per heavy atom. The molecule has 0 amide bonds. The number of para-hydroxylation sites is 1. The molecule has 7 nitrogen and oxygen atoms in total. The number of hydrogen-bond donors (Lipinski definition) is 0. The smallest absolute Gasteiger partial charge is 0.220 e. The first-order chi connectivity index (χ1) is 11.6. The number of sulfonamides is 1. The molecule has 126 valence electrons. The minimum Gasteiger partial charge on any atom is -0.356 e. The van der Waals surface area contributed by atoms with E-state index in [0.29, 0.717) is 24.4 Å². The minimum absolute atomic E-state index is 0.0811. The number of fused-ring (bicyclic) bond motifs is 1. The Kier molecular flexibility index (Phi) is 3.85. The van der Waals surface area contributed by atoms with Gasteiger partial charge in [-0.2, -0.15) is 9.40 Å². The summed E-state index contributed by atoms with van der Waals surface area (Å²) in [5, 5.41) is 8.94. The molecule has 2 aromatic heterocycles. The third kappa shape index (κ3) is 2.83. The first-order valence-corrected chi connectivity index (χ1v) is 9.55. The Morgan fingerprint density at radius 2 is 2.12 bits per heavy atom. The average Bonchev–Trinajstić information content (AvgIpc) is 3.25. The highest BCUT2D eigenvalue weighted by molar-refractivity contribution is 7.88. The van der Waals surface area contributed by atoms with Crippen molar-refractivity contribution in [2.45, 2.75) is 24.6 Å². The van der Waals surface area contributed by atoms with Gasteiger partial charge in [-0.05, 0) is 31.0 Å². The molecule has 1 atom stereocenters.